The summed E-state index contributed by atoms with van der Waals surface area (Å²) >= 11 is 3.62. The van der Waals surface area contributed by atoms with Crippen molar-refractivity contribution in [2.24, 2.45) is 0 Å². The van der Waals surface area contributed by atoms with Crippen molar-refractivity contribution in [3.63, 3.8) is 0 Å². The molecule has 86 valence electrons. The average molecular weight is 254 g/mol. The first-order valence-corrected chi connectivity index (χ1v) is 7.40. The standard InChI is InChI=1S/C12H14O2S2/c1-14-10-5-3-2-4-9(10)12(13)11-8-15-6-7-16-11/h2-5,11H,6-8H2,1H3. The van der Waals surface area contributed by atoms with Gasteiger partial charge in [0, 0.05) is 17.3 Å². The molecule has 0 aliphatic carbocycles. The van der Waals surface area contributed by atoms with Crippen LogP contribution in [0.3, 0.4) is 0 Å². The molecule has 1 atom stereocenters. The van der Waals surface area contributed by atoms with Crippen molar-refractivity contribution >= 4 is 29.3 Å². The van der Waals surface area contributed by atoms with Crippen LogP contribution >= 0.6 is 23.5 Å². The molecule has 0 radical (unpaired) electrons. The van der Waals surface area contributed by atoms with Crippen molar-refractivity contribution in [2.45, 2.75) is 5.25 Å². The Balaban J connectivity index is 2.19. The van der Waals surface area contributed by atoms with Gasteiger partial charge >= 0.3 is 0 Å². The van der Waals surface area contributed by atoms with Crippen LogP contribution in [0.5, 0.6) is 5.75 Å². The summed E-state index contributed by atoms with van der Waals surface area (Å²) in [6, 6.07) is 7.46. The molecule has 0 saturated carbocycles. The SMILES string of the molecule is COc1ccccc1C(=O)C1CSCCS1. The third-order valence-corrected chi connectivity index (χ3v) is 5.23. The number of ether oxygens (including phenoxy) is 1. The van der Waals surface area contributed by atoms with Gasteiger partial charge in [-0.15, -0.1) is 11.8 Å². The van der Waals surface area contributed by atoms with Crippen LogP contribution in [0.1, 0.15) is 10.4 Å². The molecule has 16 heavy (non-hydrogen) atoms. The highest BCUT2D eigenvalue weighted by atomic mass is 32.2. The predicted molar refractivity (Wildman–Crippen MR) is 70.9 cm³/mol. The number of carbonyl (C=O) groups excluding carboxylic acids is 1. The van der Waals surface area contributed by atoms with Crippen LogP contribution in [-0.4, -0.2) is 35.4 Å². The summed E-state index contributed by atoms with van der Waals surface area (Å²) in [5.74, 6) is 4.02. The van der Waals surface area contributed by atoms with Gasteiger partial charge in [-0.2, -0.15) is 11.8 Å². The number of benzene rings is 1. The van der Waals surface area contributed by atoms with Gasteiger partial charge < -0.3 is 4.74 Å². The molecule has 2 rings (SSSR count). The van der Waals surface area contributed by atoms with E-state index in [0.717, 1.165) is 17.3 Å². The lowest BCUT2D eigenvalue weighted by molar-refractivity contribution is 0.0992. The molecule has 0 aromatic heterocycles. The van der Waals surface area contributed by atoms with Gasteiger partial charge in [0.1, 0.15) is 5.75 Å². The van der Waals surface area contributed by atoms with E-state index in [1.165, 1.54) is 0 Å². The van der Waals surface area contributed by atoms with Crippen LogP contribution in [0.15, 0.2) is 24.3 Å². The third kappa shape index (κ3) is 2.55. The van der Waals surface area contributed by atoms with Gasteiger partial charge in [0.15, 0.2) is 5.78 Å². The number of hydrogen-bond donors (Lipinski definition) is 0. The maximum atomic E-state index is 12.3. The number of ketones is 1. The minimum absolute atomic E-state index is 0.0926. The molecule has 0 amide bonds. The largest absolute Gasteiger partial charge is 0.496 e. The van der Waals surface area contributed by atoms with Crippen molar-refractivity contribution in [2.75, 3.05) is 24.4 Å². The first kappa shape index (κ1) is 11.9. The Morgan fingerprint density at radius 2 is 2.19 bits per heavy atom. The van der Waals surface area contributed by atoms with E-state index < -0.39 is 0 Å². The Labute approximate surface area is 104 Å². The number of rotatable bonds is 3. The van der Waals surface area contributed by atoms with E-state index in [1.54, 1.807) is 18.9 Å². The van der Waals surface area contributed by atoms with E-state index in [0.29, 0.717) is 11.3 Å². The van der Waals surface area contributed by atoms with E-state index in [4.69, 9.17) is 4.74 Å². The molecule has 2 nitrogen and oxygen atoms in total. The number of thioether (sulfide) groups is 2. The average Bonchev–Trinajstić information content (AvgIpc) is 2.39. The highest BCUT2D eigenvalue weighted by Crippen LogP contribution is 2.29. The smallest absolute Gasteiger partial charge is 0.180 e. The molecule has 1 aliphatic rings. The Morgan fingerprint density at radius 1 is 1.38 bits per heavy atom. The van der Waals surface area contributed by atoms with E-state index >= 15 is 0 Å². The van der Waals surface area contributed by atoms with Gasteiger partial charge in [0.25, 0.3) is 0 Å². The lowest BCUT2D eigenvalue weighted by Gasteiger charge is -2.20. The molecule has 1 aromatic carbocycles. The van der Waals surface area contributed by atoms with Crippen molar-refractivity contribution in [3.8, 4) is 5.75 Å². The van der Waals surface area contributed by atoms with Gasteiger partial charge in [-0.25, -0.2) is 0 Å². The molecule has 4 heteroatoms. The van der Waals surface area contributed by atoms with E-state index in [-0.39, 0.29) is 11.0 Å². The van der Waals surface area contributed by atoms with Gasteiger partial charge in [0.05, 0.1) is 17.9 Å². The summed E-state index contributed by atoms with van der Waals surface area (Å²) in [5.41, 5.74) is 0.713. The number of para-hydroxylation sites is 1. The summed E-state index contributed by atoms with van der Waals surface area (Å²) in [6.45, 7) is 0. The first-order chi connectivity index (χ1) is 7.83. The van der Waals surface area contributed by atoms with E-state index in [2.05, 4.69) is 0 Å². The molecule has 1 heterocycles. The maximum absolute atomic E-state index is 12.3. The summed E-state index contributed by atoms with van der Waals surface area (Å²) in [6.07, 6.45) is 0. The molecular formula is C12H14O2S2. The zero-order chi connectivity index (χ0) is 11.4. The minimum atomic E-state index is 0.0926. The molecule has 1 fully saturated rings. The predicted octanol–water partition coefficient (Wildman–Crippen LogP) is 2.73. The summed E-state index contributed by atoms with van der Waals surface area (Å²) in [5, 5.41) is 0.0926. The number of hydrogen-bond acceptors (Lipinski definition) is 4. The summed E-state index contributed by atoms with van der Waals surface area (Å²) in [4.78, 5) is 12.3. The molecule has 0 N–H and O–H groups in total. The second kappa shape index (κ2) is 5.64. The fourth-order valence-electron chi connectivity index (χ4n) is 1.66. The Hall–Kier alpha value is -0.610. The first-order valence-electron chi connectivity index (χ1n) is 5.19. The number of carbonyl (C=O) groups is 1. The minimum Gasteiger partial charge on any atom is -0.496 e. The lowest BCUT2D eigenvalue weighted by Crippen LogP contribution is -2.24. The van der Waals surface area contributed by atoms with Gasteiger partial charge in [-0.05, 0) is 12.1 Å². The van der Waals surface area contributed by atoms with Crippen LogP contribution in [0, 0.1) is 0 Å². The van der Waals surface area contributed by atoms with Crippen LogP contribution in [-0.2, 0) is 0 Å². The normalized spacial score (nSPS) is 20.4. The van der Waals surface area contributed by atoms with Crippen molar-refractivity contribution in [1.82, 2.24) is 0 Å². The fraction of sp³-hybridized carbons (Fsp3) is 0.417. The van der Waals surface area contributed by atoms with Crippen molar-refractivity contribution in [1.29, 1.82) is 0 Å². The van der Waals surface area contributed by atoms with Crippen molar-refractivity contribution in [3.05, 3.63) is 29.8 Å². The molecule has 1 unspecified atom stereocenters. The fourth-order valence-corrected chi connectivity index (χ4v) is 4.29. The van der Waals surface area contributed by atoms with Gasteiger partial charge in [-0.1, -0.05) is 12.1 Å². The van der Waals surface area contributed by atoms with Gasteiger partial charge in [0.2, 0.25) is 0 Å². The second-order valence-corrected chi connectivity index (χ2v) is 5.96. The highest BCUT2D eigenvalue weighted by Gasteiger charge is 2.25. The Bertz CT molecular complexity index is 373. The molecular weight excluding hydrogens is 240 g/mol. The van der Waals surface area contributed by atoms with Gasteiger partial charge in [-0.3, -0.25) is 4.79 Å². The number of methoxy groups -OCH3 is 1. The zero-order valence-electron chi connectivity index (χ0n) is 9.14. The lowest BCUT2D eigenvalue weighted by atomic mass is 10.1. The van der Waals surface area contributed by atoms with Crippen molar-refractivity contribution < 1.29 is 9.53 Å². The van der Waals surface area contributed by atoms with E-state index in [9.17, 15) is 4.79 Å². The Morgan fingerprint density at radius 3 is 2.88 bits per heavy atom. The number of Topliss-reactive ketones (excluding diaryl/α,β-unsaturated/α-hetero) is 1. The topological polar surface area (TPSA) is 26.3 Å². The molecule has 1 aliphatic heterocycles. The third-order valence-electron chi connectivity index (χ3n) is 2.48. The molecule has 1 saturated heterocycles. The monoisotopic (exact) mass is 254 g/mol. The Kier molecular flexibility index (Phi) is 4.18. The molecule has 0 spiro atoms. The van der Waals surface area contributed by atoms with Crippen LogP contribution < -0.4 is 4.74 Å². The summed E-state index contributed by atoms with van der Waals surface area (Å²) in [7, 11) is 1.61. The van der Waals surface area contributed by atoms with Crippen LogP contribution in [0.25, 0.3) is 0 Å². The molecule has 1 aromatic rings. The zero-order valence-corrected chi connectivity index (χ0v) is 10.8. The van der Waals surface area contributed by atoms with Crippen LogP contribution in [0.4, 0.5) is 0 Å². The maximum Gasteiger partial charge on any atom is 0.180 e. The van der Waals surface area contributed by atoms with E-state index in [1.807, 2.05) is 36.0 Å². The molecule has 0 bridgehead atoms. The summed E-state index contributed by atoms with van der Waals surface area (Å²) < 4.78 is 5.22. The second-order valence-electron chi connectivity index (χ2n) is 3.50. The highest BCUT2D eigenvalue weighted by molar-refractivity contribution is 8.07. The van der Waals surface area contributed by atoms with Crippen LogP contribution in [0.2, 0.25) is 0 Å². The quantitative estimate of drug-likeness (QED) is 0.775.